The molecular formula is C20H21ClN4O. The van der Waals surface area contributed by atoms with E-state index < -0.39 is 0 Å². The van der Waals surface area contributed by atoms with Crippen LogP contribution in [0.1, 0.15) is 24.1 Å². The summed E-state index contributed by atoms with van der Waals surface area (Å²) in [5, 5.41) is 12.2. The predicted molar refractivity (Wildman–Crippen MR) is 102 cm³/mol. The lowest BCUT2D eigenvalue weighted by molar-refractivity contribution is -0.130. The first-order valence-corrected chi connectivity index (χ1v) is 9.15. The maximum Gasteiger partial charge on any atom is 0.241 e. The van der Waals surface area contributed by atoms with Crippen LogP contribution in [0, 0.1) is 17.2 Å². The van der Waals surface area contributed by atoms with Crippen LogP contribution in [0.4, 0.5) is 5.82 Å². The van der Waals surface area contributed by atoms with Crippen molar-refractivity contribution >= 4 is 23.3 Å². The third-order valence-corrected chi connectivity index (χ3v) is 5.01. The average molecular weight is 369 g/mol. The Bertz CT molecular complexity index is 795. The topological polar surface area (TPSA) is 69.0 Å². The molecule has 2 aromatic rings. The van der Waals surface area contributed by atoms with E-state index in [1.165, 1.54) is 5.56 Å². The molecule has 0 saturated carbocycles. The normalized spacial score (nSPS) is 14.7. The zero-order chi connectivity index (χ0) is 18.4. The molecular weight excluding hydrogens is 348 g/mol. The largest absolute Gasteiger partial charge is 0.361 e. The van der Waals surface area contributed by atoms with E-state index in [1.807, 2.05) is 17.0 Å². The fourth-order valence-corrected chi connectivity index (χ4v) is 3.38. The van der Waals surface area contributed by atoms with Crippen LogP contribution < -0.4 is 5.32 Å². The van der Waals surface area contributed by atoms with Gasteiger partial charge in [-0.05, 0) is 42.9 Å². The van der Waals surface area contributed by atoms with Crippen LogP contribution in [0.25, 0.3) is 0 Å². The maximum absolute atomic E-state index is 12.4. The average Bonchev–Trinajstić information content (AvgIpc) is 2.68. The van der Waals surface area contributed by atoms with Crippen molar-refractivity contribution in [2.45, 2.75) is 19.3 Å². The molecule has 3 rings (SSSR count). The van der Waals surface area contributed by atoms with Gasteiger partial charge in [0.15, 0.2) is 5.69 Å². The van der Waals surface area contributed by atoms with Gasteiger partial charge in [-0.25, -0.2) is 4.98 Å². The number of aromatic nitrogens is 1. The number of hydrogen-bond acceptors (Lipinski definition) is 4. The number of nitrogens with zero attached hydrogens (tertiary/aromatic N) is 3. The molecule has 1 fully saturated rings. The second-order valence-electron chi connectivity index (χ2n) is 6.51. The Balaban J connectivity index is 1.46. The van der Waals surface area contributed by atoms with E-state index in [0.29, 0.717) is 16.8 Å². The van der Waals surface area contributed by atoms with E-state index in [4.69, 9.17) is 16.9 Å². The van der Waals surface area contributed by atoms with Crippen molar-refractivity contribution < 1.29 is 4.79 Å². The molecule has 1 aromatic carbocycles. The highest BCUT2D eigenvalue weighted by Crippen LogP contribution is 2.22. The van der Waals surface area contributed by atoms with Crippen LogP contribution >= 0.6 is 11.6 Å². The van der Waals surface area contributed by atoms with Gasteiger partial charge in [-0.1, -0.05) is 41.9 Å². The van der Waals surface area contributed by atoms with Crippen LogP contribution in [0.3, 0.4) is 0 Å². The summed E-state index contributed by atoms with van der Waals surface area (Å²) in [4.78, 5) is 18.4. The molecule has 0 atom stereocenters. The minimum Gasteiger partial charge on any atom is -0.361 e. The van der Waals surface area contributed by atoms with Crippen molar-refractivity contribution in [3.8, 4) is 6.07 Å². The molecule has 0 spiro atoms. The van der Waals surface area contributed by atoms with Gasteiger partial charge in [0.25, 0.3) is 0 Å². The van der Waals surface area contributed by atoms with Gasteiger partial charge in [0.2, 0.25) is 5.91 Å². The summed E-state index contributed by atoms with van der Waals surface area (Å²) >= 11 is 5.86. The Kier molecular flexibility index (Phi) is 6.08. The maximum atomic E-state index is 12.4. The van der Waals surface area contributed by atoms with Crippen molar-refractivity contribution in [2.75, 3.05) is 25.0 Å². The Hall–Kier alpha value is -2.58. The molecule has 1 N–H and O–H groups in total. The zero-order valence-electron chi connectivity index (χ0n) is 14.5. The minimum absolute atomic E-state index is 0.0541. The van der Waals surface area contributed by atoms with Crippen molar-refractivity contribution in [1.82, 2.24) is 9.88 Å². The molecule has 5 nitrogen and oxygen atoms in total. The first-order chi connectivity index (χ1) is 12.7. The number of benzene rings is 1. The van der Waals surface area contributed by atoms with E-state index in [2.05, 4.69) is 34.6 Å². The third kappa shape index (κ3) is 4.74. The highest BCUT2D eigenvalue weighted by atomic mass is 35.5. The Morgan fingerprint density at radius 1 is 1.23 bits per heavy atom. The number of nitriles is 1. The molecule has 6 heteroatoms. The number of piperidine rings is 1. The number of nitrogens with one attached hydrogen (secondary N) is 1. The number of halogens is 1. The number of pyridine rings is 1. The Morgan fingerprint density at radius 3 is 2.65 bits per heavy atom. The third-order valence-electron chi connectivity index (χ3n) is 4.71. The lowest BCUT2D eigenvalue weighted by atomic mass is 9.90. The monoisotopic (exact) mass is 368 g/mol. The number of rotatable bonds is 5. The quantitative estimate of drug-likeness (QED) is 0.876. The van der Waals surface area contributed by atoms with Crippen LogP contribution in [0.15, 0.2) is 42.5 Å². The second kappa shape index (κ2) is 8.68. The minimum atomic E-state index is 0.0541. The molecule has 2 heterocycles. The zero-order valence-corrected chi connectivity index (χ0v) is 15.2. The van der Waals surface area contributed by atoms with Crippen molar-refractivity contribution in [3.05, 3.63) is 58.7 Å². The van der Waals surface area contributed by atoms with E-state index in [0.717, 1.165) is 32.4 Å². The summed E-state index contributed by atoms with van der Waals surface area (Å²) in [7, 11) is 0. The molecule has 1 amide bonds. The lowest BCUT2D eigenvalue weighted by Gasteiger charge is -2.32. The van der Waals surface area contributed by atoms with Crippen molar-refractivity contribution in [1.29, 1.82) is 5.26 Å². The number of carbonyl (C=O) groups is 1. The van der Waals surface area contributed by atoms with Gasteiger partial charge in [0.1, 0.15) is 11.9 Å². The lowest BCUT2D eigenvalue weighted by Crippen LogP contribution is -2.41. The number of hydrogen-bond donors (Lipinski definition) is 1. The number of carbonyl (C=O) groups excluding carboxylic acids is 1. The van der Waals surface area contributed by atoms with Crippen LogP contribution in [-0.2, 0) is 11.2 Å². The standard InChI is InChI=1S/C20H21ClN4O/c21-17-6-7-19(24-18(17)13-22)23-14-20(26)25-10-8-16(9-11-25)12-15-4-2-1-3-5-15/h1-7,16H,8-12,14H2,(H,23,24). The van der Waals surface area contributed by atoms with Crippen molar-refractivity contribution in [2.24, 2.45) is 5.92 Å². The summed E-state index contributed by atoms with van der Waals surface area (Å²) in [5.41, 5.74) is 1.52. The van der Waals surface area contributed by atoms with Gasteiger partial charge in [0, 0.05) is 13.1 Å². The molecule has 26 heavy (non-hydrogen) atoms. The molecule has 0 bridgehead atoms. The molecule has 1 saturated heterocycles. The smallest absolute Gasteiger partial charge is 0.241 e. The van der Waals surface area contributed by atoms with Gasteiger partial charge in [-0.2, -0.15) is 5.26 Å². The molecule has 1 aliphatic heterocycles. The first kappa shape index (κ1) is 18.2. The van der Waals surface area contributed by atoms with Gasteiger partial charge < -0.3 is 10.2 Å². The SMILES string of the molecule is N#Cc1nc(NCC(=O)N2CCC(Cc3ccccc3)CC2)ccc1Cl. The van der Waals surface area contributed by atoms with E-state index in [-0.39, 0.29) is 18.1 Å². The second-order valence-corrected chi connectivity index (χ2v) is 6.91. The van der Waals surface area contributed by atoms with Gasteiger partial charge in [-0.3, -0.25) is 4.79 Å². The van der Waals surface area contributed by atoms with E-state index in [1.54, 1.807) is 12.1 Å². The summed E-state index contributed by atoms with van der Waals surface area (Å²) in [5.74, 6) is 1.17. The van der Waals surface area contributed by atoms with Crippen LogP contribution in [0.5, 0.6) is 0 Å². The first-order valence-electron chi connectivity index (χ1n) is 8.78. The fourth-order valence-electron chi connectivity index (χ4n) is 3.23. The highest BCUT2D eigenvalue weighted by molar-refractivity contribution is 6.31. The number of likely N-dealkylation sites (tertiary alicyclic amines) is 1. The summed E-state index contributed by atoms with van der Waals surface area (Å²) in [6, 6.07) is 15.7. The van der Waals surface area contributed by atoms with Crippen molar-refractivity contribution in [3.63, 3.8) is 0 Å². The highest BCUT2D eigenvalue weighted by Gasteiger charge is 2.22. The van der Waals surface area contributed by atoms with E-state index >= 15 is 0 Å². The number of anilines is 1. The van der Waals surface area contributed by atoms with Gasteiger partial charge >= 0.3 is 0 Å². The van der Waals surface area contributed by atoms with Crippen LogP contribution in [0.2, 0.25) is 5.02 Å². The Morgan fingerprint density at radius 2 is 1.96 bits per heavy atom. The van der Waals surface area contributed by atoms with E-state index in [9.17, 15) is 4.79 Å². The molecule has 134 valence electrons. The molecule has 0 radical (unpaired) electrons. The Labute approximate surface area is 158 Å². The summed E-state index contributed by atoms with van der Waals surface area (Å²) < 4.78 is 0. The molecule has 1 aromatic heterocycles. The van der Waals surface area contributed by atoms with Crippen LogP contribution in [-0.4, -0.2) is 35.4 Å². The molecule has 0 aliphatic carbocycles. The predicted octanol–water partition coefficient (Wildman–Crippen LogP) is 3.50. The fraction of sp³-hybridized carbons (Fsp3) is 0.350. The molecule has 0 unspecified atom stereocenters. The molecule has 1 aliphatic rings. The van der Waals surface area contributed by atoms with Gasteiger partial charge in [0.05, 0.1) is 11.6 Å². The number of amides is 1. The van der Waals surface area contributed by atoms with Gasteiger partial charge in [-0.15, -0.1) is 0 Å². The summed E-state index contributed by atoms with van der Waals surface area (Å²) in [6.45, 7) is 1.74. The summed E-state index contributed by atoms with van der Waals surface area (Å²) in [6.07, 6.45) is 3.13.